The van der Waals surface area contributed by atoms with E-state index in [2.05, 4.69) is 29.1 Å². The first kappa shape index (κ1) is 17.6. The van der Waals surface area contributed by atoms with Gasteiger partial charge in [-0.15, -0.1) is 5.10 Å². The van der Waals surface area contributed by atoms with Gasteiger partial charge in [0.25, 0.3) is 5.91 Å². The molecular formula is C19H27N5O. The number of benzene rings is 1. The van der Waals surface area contributed by atoms with Gasteiger partial charge in [0.2, 0.25) is 0 Å². The highest BCUT2D eigenvalue weighted by Gasteiger charge is 2.29. The van der Waals surface area contributed by atoms with Crippen LogP contribution in [-0.4, -0.2) is 62.9 Å². The number of aromatic nitrogens is 3. The molecule has 1 aromatic heterocycles. The van der Waals surface area contributed by atoms with E-state index in [0.717, 1.165) is 37.3 Å². The van der Waals surface area contributed by atoms with Crippen molar-refractivity contribution in [1.82, 2.24) is 24.8 Å². The van der Waals surface area contributed by atoms with Gasteiger partial charge in [0, 0.05) is 32.2 Å². The molecule has 2 aromatic rings. The Bertz CT molecular complexity index is 717. The Hall–Kier alpha value is -2.21. The number of hydrogen-bond acceptors (Lipinski definition) is 4. The lowest BCUT2D eigenvalue weighted by molar-refractivity contribution is 0.0609. The van der Waals surface area contributed by atoms with E-state index < -0.39 is 0 Å². The zero-order valence-electron chi connectivity index (χ0n) is 15.5. The van der Waals surface area contributed by atoms with Gasteiger partial charge in [0.05, 0.1) is 11.4 Å². The van der Waals surface area contributed by atoms with Gasteiger partial charge >= 0.3 is 0 Å². The van der Waals surface area contributed by atoms with Gasteiger partial charge in [-0.25, -0.2) is 4.68 Å². The molecule has 1 saturated heterocycles. The first-order valence-electron chi connectivity index (χ1n) is 8.98. The number of likely N-dealkylation sites (tertiary alicyclic amines) is 1. The summed E-state index contributed by atoms with van der Waals surface area (Å²) in [6, 6.07) is 10.6. The van der Waals surface area contributed by atoms with Crippen LogP contribution < -0.4 is 0 Å². The summed E-state index contributed by atoms with van der Waals surface area (Å²) < 4.78 is 1.72. The largest absolute Gasteiger partial charge is 0.337 e. The summed E-state index contributed by atoms with van der Waals surface area (Å²) in [6.45, 7) is 8.42. The van der Waals surface area contributed by atoms with E-state index >= 15 is 0 Å². The van der Waals surface area contributed by atoms with Crippen molar-refractivity contribution in [1.29, 1.82) is 0 Å². The molecule has 0 radical (unpaired) electrons. The molecule has 1 aliphatic heterocycles. The van der Waals surface area contributed by atoms with Crippen molar-refractivity contribution in [2.45, 2.75) is 45.7 Å². The first-order valence-corrected chi connectivity index (χ1v) is 8.98. The Morgan fingerprint density at radius 3 is 2.44 bits per heavy atom. The Labute approximate surface area is 149 Å². The van der Waals surface area contributed by atoms with Gasteiger partial charge in [0.1, 0.15) is 0 Å². The summed E-state index contributed by atoms with van der Waals surface area (Å²) in [5.41, 5.74) is 2.14. The minimum absolute atomic E-state index is 0.0392. The molecule has 1 amide bonds. The second-order valence-electron chi connectivity index (χ2n) is 7.05. The van der Waals surface area contributed by atoms with Gasteiger partial charge < -0.3 is 9.80 Å². The molecule has 2 heterocycles. The molecule has 0 saturated carbocycles. The van der Waals surface area contributed by atoms with Crippen LogP contribution in [0.1, 0.15) is 42.9 Å². The maximum Gasteiger partial charge on any atom is 0.276 e. The maximum atomic E-state index is 12.9. The van der Waals surface area contributed by atoms with Gasteiger partial charge in [-0.1, -0.05) is 23.4 Å². The highest BCUT2D eigenvalue weighted by atomic mass is 16.2. The predicted molar refractivity (Wildman–Crippen MR) is 97.9 cm³/mol. The monoisotopic (exact) mass is 341 g/mol. The molecule has 6 heteroatoms. The zero-order chi connectivity index (χ0) is 18.0. The van der Waals surface area contributed by atoms with Gasteiger partial charge in [-0.3, -0.25) is 4.79 Å². The number of piperidine rings is 1. The highest BCUT2D eigenvalue weighted by Crippen LogP contribution is 2.20. The van der Waals surface area contributed by atoms with Crippen molar-refractivity contribution < 1.29 is 4.79 Å². The fourth-order valence-corrected chi connectivity index (χ4v) is 3.46. The van der Waals surface area contributed by atoms with Crippen LogP contribution in [0.5, 0.6) is 0 Å². The third-order valence-electron chi connectivity index (χ3n) is 5.20. The first-order chi connectivity index (χ1) is 12.0. The molecule has 0 N–H and O–H groups in total. The molecule has 1 aliphatic rings. The predicted octanol–water partition coefficient (Wildman–Crippen LogP) is 2.52. The van der Waals surface area contributed by atoms with Crippen LogP contribution in [0.15, 0.2) is 30.3 Å². The maximum absolute atomic E-state index is 12.9. The van der Waals surface area contributed by atoms with E-state index in [1.807, 2.05) is 49.2 Å². The third kappa shape index (κ3) is 3.58. The Morgan fingerprint density at radius 2 is 1.84 bits per heavy atom. The van der Waals surface area contributed by atoms with Gasteiger partial charge in [-0.2, -0.15) is 0 Å². The molecule has 0 bridgehead atoms. The summed E-state index contributed by atoms with van der Waals surface area (Å²) >= 11 is 0. The van der Waals surface area contributed by atoms with Crippen LogP contribution in [0.4, 0.5) is 0 Å². The number of para-hydroxylation sites is 1. The lowest BCUT2D eigenvalue weighted by atomic mass is 10.0. The van der Waals surface area contributed by atoms with Crippen LogP contribution in [-0.2, 0) is 0 Å². The highest BCUT2D eigenvalue weighted by molar-refractivity contribution is 5.93. The van der Waals surface area contributed by atoms with Crippen LogP contribution in [0, 0.1) is 6.92 Å². The van der Waals surface area contributed by atoms with Crippen molar-refractivity contribution in [3.8, 4) is 5.69 Å². The molecule has 0 atom stereocenters. The number of amides is 1. The second-order valence-corrected chi connectivity index (χ2v) is 7.05. The standard InChI is InChI=1S/C19H27N5O/c1-14(2)23-12-10-16(11-13-23)22(4)19(25)18-15(3)24(21-20-18)17-8-6-5-7-9-17/h5-9,14,16H,10-13H2,1-4H3. The summed E-state index contributed by atoms with van der Waals surface area (Å²) in [6.07, 6.45) is 2.01. The van der Waals surface area contributed by atoms with E-state index in [9.17, 15) is 4.79 Å². The van der Waals surface area contributed by atoms with Crippen LogP contribution >= 0.6 is 0 Å². The fraction of sp³-hybridized carbons (Fsp3) is 0.526. The lowest BCUT2D eigenvalue weighted by Crippen LogP contribution is -2.47. The molecular weight excluding hydrogens is 314 g/mol. The topological polar surface area (TPSA) is 54.3 Å². The number of carbonyl (C=O) groups excluding carboxylic acids is 1. The number of hydrogen-bond donors (Lipinski definition) is 0. The molecule has 0 aliphatic carbocycles. The van der Waals surface area contributed by atoms with Crippen molar-refractivity contribution in [2.75, 3.05) is 20.1 Å². The smallest absolute Gasteiger partial charge is 0.276 e. The molecule has 134 valence electrons. The van der Waals surface area contributed by atoms with Crippen LogP contribution in [0.3, 0.4) is 0 Å². The van der Waals surface area contributed by atoms with Crippen molar-refractivity contribution in [3.63, 3.8) is 0 Å². The molecule has 3 rings (SSSR count). The van der Waals surface area contributed by atoms with Crippen molar-refractivity contribution in [2.24, 2.45) is 0 Å². The molecule has 1 fully saturated rings. The van der Waals surface area contributed by atoms with Crippen LogP contribution in [0.2, 0.25) is 0 Å². The zero-order valence-corrected chi connectivity index (χ0v) is 15.5. The van der Waals surface area contributed by atoms with Gasteiger partial charge in [0.15, 0.2) is 5.69 Å². The molecule has 0 spiro atoms. The SMILES string of the molecule is Cc1c(C(=O)N(C)C2CCN(C(C)C)CC2)nnn1-c1ccccc1. The average Bonchev–Trinajstić information content (AvgIpc) is 3.02. The van der Waals surface area contributed by atoms with E-state index in [-0.39, 0.29) is 11.9 Å². The average molecular weight is 341 g/mol. The lowest BCUT2D eigenvalue weighted by Gasteiger charge is -2.38. The normalized spacial score (nSPS) is 16.4. The summed E-state index contributed by atoms with van der Waals surface area (Å²) in [5.74, 6) is -0.0392. The Morgan fingerprint density at radius 1 is 1.20 bits per heavy atom. The molecule has 1 aromatic carbocycles. The van der Waals surface area contributed by atoms with Crippen molar-refractivity contribution >= 4 is 5.91 Å². The number of carbonyl (C=O) groups is 1. The van der Waals surface area contributed by atoms with E-state index in [1.165, 1.54) is 0 Å². The minimum Gasteiger partial charge on any atom is -0.337 e. The number of nitrogens with zero attached hydrogens (tertiary/aromatic N) is 5. The molecule has 6 nitrogen and oxygen atoms in total. The Kier molecular flexibility index (Phi) is 5.18. The quantitative estimate of drug-likeness (QED) is 0.857. The summed E-state index contributed by atoms with van der Waals surface area (Å²) in [4.78, 5) is 17.2. The number of rotatable bonds is 4. The van der Waals surface area contributed by atoms with Crippen LogP contribution in [0.25, 0.3) is 5.69 Å². The Balaban J connectivity index is 1.72. The van der Waals surface area contributed by atoms with Gasteiger partial charge in [-0.05, 0) is 45.7 Å². The summed E-state index contributed by atoms with van der Waals surface area (Å²) in [7, 11) is 1.89. The van der Waals surface area contributed by atoms with E-state index in [1.54, 1.807) is 4.68 Å². The fourth-order valence-electron chi connectivity index (χ4n) is 3.46. The third-order valence-corrected chi connectivity index (χ3v) is 5.20. The van der Waals surface area contributed by atoms with E-state index in [4.69, 9.17) is 0 Å². The molecule has 0 unspecified atom stereocenters. The summed E-state index contributed by atoms with van der Waals surface area (Å²) in [5, 5.41) is 8.34. The molecule has 25 heavy (non-hydrogen) atoms. The second kappa shape index (κ2) is 7.35. The van der Waals surface area contributed by atoms with E-state index in [0.29, 0.717) is 11.7 Å². The minimum atomic E-state index is -0.0392. The van der Waals surface area contributed by atoms with Crippen molar-refractivity contribution in [3.05, 3.63) is 41.7 Å².